The van der Waals surface area contributed by atoms with Crippen LogP contribution in [-0.4, -0.2) is 51.2 Å². The first-order valence-corrected chi connectivity index (χ1v) is 7.96. The zero-order valence-corrected chi connectivity index (χ0v) is 13.2. The molecule has 3 aromatic rings. The number of aryl methyl sites for hydroxylation is 1. The Bertz CT molecular complexity index is 803. The van der Waals surface area contributed by atoms with Gasteiger partial charge in [-0.3, -0.25) is 10.00 Å². The van der Waals surface area contributed by atoms with Gasteiger partial charge in [0.2, 0.25) is 0 Å². The molecule has 1 aliphatic heterocycles. The fourth-order valence-electron chi connectivity index (χ4n) is 3.12. The molecule has 2 aromatic heterocycles. The molecule has 0 saturated carbocycles. The predicted octanol–water partition coefficient (Wildman–Crippen LogP) is 1.98. The van der Waals surface area contributed by atoms with Crippen molar-refractivity contribution in [1.82, 2.24) is 25.1 Å². The second-order valence-electron chi connectivity index (χ2n) is 6.07. The monoisotopic (exact) mass is 308 g/mol. The van der Waals surface area contributed by atoms with Crippen LogP contribution in [0.25, 0.3) is 10.9 Å². The van der Waals surface area contributed by atoms with Gasteiger partial charge in [0.15, 0.2) is 0 Å². The molecule has 6 heteroatoms. The zero-order valence-electron chi connectivity index (χ0n) is 13.2. The minimum Gasteiger partial charge on any atom is -0.369 e. The van der Waals surface area contributed by atoms with E-state index in [1.807, 2.05) is 13.1 Å². The van der Waals surface area contributed by atoms with Crippen molar-refractivity contribution >= 4 is 16.6 Å². The van der Waals surface area contributed by atoms with E-state index in [0.717, 1.165) is 55.0 Å². The lowest BCUT2D eigenvalue weighted by Crippen LogP contribution is -2.46. The molecule has 0 amide bonds. The lowest BCUT2D eigenvalue weighted by atomic mass is 10.2. The van der Waals surface area contributed by atoms with E-state index in [4.69, 9.17) is 0 Å². The van der Waals surface area contributed by atoms with Gasteiger partial charge in [0.05, 0.1) is 11.2 Å². The molecular weight excluding hydrogens is 288 g/mol. The maximum atomic E-state index is 4.33. The van der Waals surface area contributed by atoms with Crippen molar-refractivity contribution < 1.29 is 0 Å². The predicted molar refractivity (Wildman–Crippen MR) is 90.4 cm³/mol. The summed E-state index contributed by atoms with van der Waals surface area (Å²) >= 11 is 0. The van der Waals surface area contributed by atoms with Crippen LogP contribution in [0.1, 0.15) is 11.4 Å². The van der Waals surface area contributed by atoms with Gasteiger partial charge in [-0.1, -0.05) is 0 Å². The van der Waals surface area contributed by atoms with E-state index < -0.39 is 0 Å². The number of H-pyrrole nitrogens is 1. The number of rotatable bonds is 3. The maximum absolute atomic E-state index is 4.33. The van der Waals surface area contributed by atoms with Crippen LogP contribution in [0.4, 0.5) is 5.69 Å². The first-order chi connectivity index (χ1) is 11.3. The Morgan fingerprint density at radius 3 is 2.78 bits per heavy atom. The molecule has 6 nitrogen and oxygen atoms in total. The Hall–Kier alpha value is -2.47. The van der Waals surface area contributed by atoms with E-state index in [2.05, 4.69) is 54.2 Å². The van der Waals surface area contributed by atoms with Crippen LogP contribution in [0.15, 0.2) is 36.8 Å². The normalized spacial score (nSPS) is 16.1. The number of fused-ring (bicyclic) bond motifs is 1. The minimum atomic E-state index is 0.920. The largest absolute Gasteiger partial charge is 0.369 e. The van der Waals surface area contributed by atoms with E-state index >= 15 is 0 Å². The average Bonchev–Trinajstić information content (AvgIpc) is 3.00. The minimum absolute atomic E-state index is 0.920. The standard InChI is InChI=1S/C17H20N6/c1-13-8-15(21-20-13)11-22-4-6-23(7-5-22)16-2-3-17-14(9-16)10-18-12-19-17/h2-3,8-10,12H,4-7,11H2,1H3,(H,20,21). The number of anilines is 1. The van der Waals surface area contributed by atoms with Gasteiger partial charge < -0.3 is 4.90 Å². The molecule has 0 bridgehead atoms. The van der Waals surface area contributed by atoms with Crippen molar-refractivity contribution in [2.45, 2.75) is 13.5 Å². The lowest BCUT2D eigenvalue weighted by molar-refractivity contribution is 0.247. The number of nitrogens with zero attached hydrogens (tertiary/aromatic N) is 5. The highest BCUT2D eigenvalue weighted by Gasteiger charge is 2.18. The van der Waals surface area contributed by atoms with Gasteiger partial charge in [-0.2, -0.15) is 5.10 Å². The third kappa shape index (κ3) is 3.03. The molecule has 118 valence electrons. The summed E-state index contributed by atoms with van der Waals surface area (Å²) in [5.41, 5.74) is 4.50. The maximum Gasteiger partial charge on any atom is 0.116 e. The van der Waals surface area contributed by atoms with E-state index in [1.54, 1.807) is 6.33 Å². The number of aromatic amines is 1. The van der Waals surface area contributed by atoms with Gasteiger partial charge in [0.1, 0.15) is 6.33 Å². The van der Waals surface area contributed by atoms with Crippen molar-refractivity contribution in [2.24, 2.45) is 0 Å². The van der Waals surface area contributed by atoms with Crippen LogP contribution in [0, 0.1) is 6.92 Å². The van der Waals surface area contributed by atoms with E-state index in [0.29, 0.717) is 0 Å². The van der Waals surface area contributed by atoms with Gasteiger partial charge in [-0.05, 0) is 31.2 Å². The smallest absolute Gasteiger partial charge is 0.116 e. The van der Waals surface area contributed by atoms with E-state index in [-0.39, 0.29) is 0 Å². The van der Waals surface area contributed by atoms with Crippen molar-refractivity contribution in [2.75, 3.05) is 31.1 Å². The highest BCUT2D eigenvalue weighted by molar-refractivity contribution is 5.81. The molecule has 23 heavy (non-hydrogen) atoms. The molecule has 0 aliphatic carbocycles. The summed E-state index contributed by atoms with van der Waals surface area (Å²) in [5, 5.41) is 8.43. The van der Waals surface area contributed by atoms with Gasteiger partial charge in [0, 0.05) is 55.7 Å². The summed E-state index contributed by atoms with van der Waals surface area (Å²) in [7, 11) is 0. The molecule has 1 fully saturated rings. The van der Waals surface area contributed by atoms with Crippen LogP contribution in [0.3, 0.4) is 0 Å². The SMILES string of the molecule is Cc1cc(CN2CCN(c3ccc4ncncc4c3)CC2)n[nH]1. The van der Waals surface area contributed by atoms with Crippen molar-refractivity contribution in [1.29, 1.82) is 0 Å². The molecule has 1 aliphatic rings. The van der Waals surface area contributed by atoms with Crippen molar-refractivity contribution in [3.05, 3.63) is 48.2 Å². The van der Waals surface area contributed by atoms with Crippen LogP contribution in [0.2, 0.25) is 0 Å². The molecule has 1 saturated heterocycles. The fraction of sp³-hybridized carbons (Fsp3) is 0.353. The highest BCUT2D eigenvalue weighted by atomic mass is 15.3. The van der Waals surface area contributed by atoms with Crippen molar-refractivity contribution in [3.8, 4) is 0 Å². The third-order valence-electron chi connectivity index (χ3n) is 4.37. The number of nitrogens with one attached hydrogen (secondary N) is 1. The van der Waals surface area contributed by atoms with Gasteiger partial charge >= 0.3 is 0 Å². The second kappa shape index (κ2) is 5.96. The number of hydrogen-bond acceptors (Lipinski definition) is 5. The molecule has 0 spiro atoms. The first kappa shape index (κ1) is 14.1. The molecule has 3 heterocycles. The van der Waals surface area contributed by atoms with Gasteiger partial charge in [0.25, 0.3) is 0 Å². The molecule has 1 aromatic carbocycles. The van der Waals surface area contributed by atoms with Crippen LogP contribution >= 0.6 is 0 Å². The van der Waals surface area contributed by atoms with Crippen LogP contribution < -0.4 is 4.90 Å². The Balaban J connectivity index is 1.42. The zero-order chi connectivity index (χ0) is 15.6. The Labute approximate surface area is 135 Å². The molecule has 4 rings (SSSR count). The molecule has 0 atom stereocenters. The van der Waals surface area contributed by atoms with Gasteiger partial charge in [-0.15, -0.1) is 0 Å². The lowest BCUT2D eigenvalue weighted by Gasteiger charge is -2.35. The average molecular weight is 308 g/mol. The fourth-order valence-corrected chi connectivity index (χ4v) is 3.12. The van der Waals surface area contributed by atoms with Crippen LogP contribution in [-0.2, 0) is 6.54 Å². The number of hydrogen-bond donors (Lipinski definition) is 1. The summed E-state index contributed by atoms with van der Waals surface area (Å²) in [6.45, 7) is 7.12. The number of piperazine rings is 1. The number of benzene rings is 1. The molecule has 0 unspecified atom stereocenters. The molecular formula is C17H20N6. The Kier molecular flexibility index (Phi) is 3.67. The van der Waals surface area contributed by atoms with E-state index in [9.17, 15) is 0 Å². The highest BCUT2D eigenvalue weighted by Crippen LogP contribution is 2.21. The summed E-state index contributed by atoms with van der Waals surface area (Å²) in [4.78, 5) is 13.3. The quantitative estimate of drug-likeness (QED) is 0.802. The topological polar surface area (TPSA) is 60.9 Å². The summed E-state index contributed by atoms with van der Waals surface area (Å²) < 4.78 is 0. The Morgan fingerprint density at radius 1 is 1.13 bits per heavy atom. The summed E-state index contributed by atoms with van der Waals surface area (Å²) in [6, 6.07) is 8.53. The second-order valence-corrected chi connectivity index (χ2v) is 6.07. The molecule has 0 radical (unpaired) electrons. The third-order valence-corrected chi connectivity index (χ3v) is 4.37. The first-order valence-electron chi connectivity index (χ1n) is 7.96. The molecule has 1 N–H and O–H groups in total. The Morgan fingerprint density at radius 2 is 2.00 bits per heavy atom. The van der Waals surface area contributed by atoms with Gasteiger partial charge in [-0.25, -0.2) is 9.97 Å². The number of aromatic nitrogens is 4. The summed E-state index contributed by atoms with van der Waals surface area (Å²) in [6.07, 6.45) is 3.47. The van der Waals surface area contributed by atoms with Crippen LogP contribution in [0.5, 0.6) is 0 Å². The van der Waals surface area contributed by atoms with E-state index in [1.165, 1.54) is 5.69 Å². The van der Waals surface area contributed by atoms with Crippen molar-refractivity contribution in [3.63, 3.8) is 0 Å². The summed E-state index contributed by atoms with van der Waals surface area (Å²) in [5.74, 6) is 0.